The molecule has 22 heavy (non-hydrogen) atoms. The highest BCUT2D eigenvalue weighted by Gasteiger charge is 2.29. The van der Waals surface area contributed by atoms with Gasteiger partial charge in [-0.15, -0.1) is 11.3 Å². The molecule has 0 radical (unpaired) electrons. The van der Waals surface area contributed by atoms with Gasteiger partial charge in [0.1, 0.15) is 6.54 Å². The van der Waals surface area contributed by atoms with E-state index in [-0.39, 0.29) is 0 Å². The lowest BCUT2D eigenvalue weighted by Crippen LogP contribution is -2.37. The second kappa shape index (κ2) is 7.15. The summed E-state index contributed by atoms with van der Waals surface area (Å²) in [6.07, 6.45) is -4.40. The van der Waals surface area contributed by atoms with Crippen molar-refractivity contribution in [3.05, 3.63) is 35.7 Å². The molecule has 0 aliphatic carbocycles. The molecule has 2 rings (SSSR count). The smallest absolute Gasteiger partial charge is 0.346 e. The standard InChI is InChI=1S/C14H13F3N2OS2/c1-9(12(20)18-8-14(15,16)17)22-13-19-11(7-21-13)10-5-3-2-4-6-10/h2-7,9H,8H2,1H3,(H,18,20). The zero-order valence-corrected chi connectivity index (χ0v) is 13.2. The van der Waals surface area contributed by atoms with Crippen LogP contribution in [-0.2, 0) is 4.79 Å². The van der Waals surface area contributed by atoms with E-state index in [1.807, 2.05) is 41.0 Å². The minimum Gasteiger partial charge on any atom is -0.346 e. The predicted octanol–water partition coefficient (Wildman–Crippen LogP) is 3.97. The Labute approximate surface area is 134 Å². The minimum atomic E-state index is -4.40. The fourth-order valence-electron chi connectivity index (χ4n) is 1.59. The molecule has 2 aromatic rings. The number of rotatable bonds is 5. The zero-order chi connectivity index (χ0) is 16.2. The van der Waals surface area contributed by atoms with Crippen LogP contribution in [0, 0.1) is 0 Å². The van der Waals surface area contributed by atoms with Crippen LogP contribution in [0.15, 0.2) is 40.1 Å². The third kappa shape index (κ3) is 5.03. The van der Waals surface area contributed by atoms with Gasteiger partial charge in [0.25, 0.3) is 0 Å². The van der Waals surface area contributed by atoms with Crippen LogP contribution in [0.4, 0.5) is 13.2 Å². The molecule has 3 nitrogen and oxygen atoms in total. The number of hydrogen-bond acceptors (Lipinski definition) is 4. The van der Waals surface area contributed by atoms with Crippen molar-refractivity contribution >= 4 is 29.0 Å². The summed E-state index contributed by atoms with van der Waals surface area (Å²) in [6.45, 7) is 0.240. The number of nitrogens with one attached hydrogen (secondary N) is 1. The molecule has 0 fully saturated rings. The van der Waals surface area contributed by atoms with Crippen LogP contribution in [0.2, 0.25) is 0 Å². The van der Waals surface area contributed by atoms with Gasteiger partial charge in [0.2, 0.25) is 5.91 Å². The molecule has 0 spiro atoms. The molecule has 0 aliphatic rings. The summed E-state index contributed by atoms with van der Waals surface area (Å²) in [4.78, 5) is 16.0. The molecule has 1 aromatic heterocycles. The number of carbonyl (C=O) groups is 1. The van der Waals surface area contributed by atoms with E-state index in [9.17, 15) is 18.0 Å². The first-order valence-electron chi connectivity index (χ1n) is 6.37. The van der Waals surface area contributed by atoms with Crippen LogP contribution in [0.3, 0.4) is 0 Å². The lowest BCUT2D eigenvalue weighted by Gasteiger charge is -2.12. The van der Waals surface area contributed by atoms with E-state index in [1.54, 1.807) is 6.92 Å². The number of amides is 1. The maximum absolute atomic E-state index is 12.1. The Bertz CT molecular complexity index is 629. The normalized spacial score (nSPS) is 12.9. The van der Waals surface area contributed by atoms with Crippen molar-refractivity contribution in [1.29, 1.82) is 0 Å². The fraction of sp³-hybridized carbons (Fsp3) is 0.286. The number of benzene rings is 1. The number of aromatic nitrogens is 1. The number of halogens is 3. The summed E-state index contributed by atoms with van der Waals surface area (Å²) >= 11 is 2.51. The van der Waals surface area contributed by atoms with Gasteiger partial charge in [0, 0.05) is 10.9 Å². The van der Waals surface area contributed by atoms with E-state index in [0.29, 0.717) is 4.34 Å². The minimum absolute atomic E-state index is 0.642. The Balaban J connectivity index is 1.94. The van der Waals surface area contributed by atoms with E-state index in [1.165, 1.54) is 11.3 Å². The van der Waals surface area contributed by atoms with E-state index >= 15 is 0 Å². The Morgan fingerprint density at radius 1 is 1.36 bits per heavy atom. The highest BCUT2D eigenvalue weighted by Crippen LogP contribution is 2.30. The Kier molecular flexibility index (Phi) is 5.47. The van der Waals surface area contributed by atoms with Gasteiger partial charge in [-0.05, 0) is 6.92 Å². The quantitative estimate of drug-likeness (QED) is 0.833. The molecule has 1 N–H and O–H groups in total. The van der Waals surface area contributed by atoms with Gasteiger partial charge in [-0.1, -0.05) is 42.1 Å². The number of nitrogens with zero attached hydrogens (tertiary/aromatic N) is 1. The predicted molar refractivity (Wildman–Crippen MR) is 81.9 cm³/mol. The number of thiazole rings is 1. The lowest BCUT2D eigenvalue weighted by atomic mass is 10.2. The molecule has 1 atom stereocenters. The molecule has 0 saturated carbocycles. The summed E-state index contributed by atoms with van der Waals surface area (Å²) in [6, 6.07) is 9.54. The molecule has 1 amide bonds. The molecular formula is C14H13F3N2OS2. The van der Waals surface area contributed by atoms with Crippen LogP contribution in [0.25, 0.3) is 11.3 Å². The van der Waals surface area contributed by atoms with Crippen LogP contribution < -0.4 is 5.32 Å². The van der Waals surface area contributed by atoms with Gasteiger partial charge in [0.05, 0.1) is 10.9 Å². The molecular weight excluding hydrogens is 333 g/mol. The van der Waals surface area contributed by atoms with Crippen molar-refractivity contribution in [2.24, 2.45) is 0 Å². The molecule has 1 unspecified atom stereocenters. The third-order valence-electron chi connectivity index (χ3n) is 2.66. The van der Waals surface area contributed by atoms with Crippen LogP contribution in [0.1, 0.15) is 6.92 Å². The van der Waals surface area contributed by atoms with Crippen molar-refractivity contribution in [3.63, 3.8) is 0 Å². The van der Waals surface area contributed by atoms with Gasteiger partial charge in [-0.2, -0.15) is 13.2 Å². The molecule has 118 valence electrons. The summed E-state index contributed by atoms with van der Waals surface area (Å²) in [5.41, 5.74) is 1.75. The van der Waals surface area contributed by atoms with Gasteiger partial charge in [-0.25, -0.2) is 4.98 Å². The lowest BCUT2D eigenvalue weighted by molar-refractivity contribution is -0.137. The highest BCUT2D eigenvalue weighted by atomic mass is 32.2. The van der Waals surface area contributed by atoms with Crippen molar-refractivity contribution in [2.75, 3.05) is 6.54 Å². The van der Waals surface area contributed by atoms with E-state index in [0.717, 1.165) is 23.0 Å². The van der Waals surface area contributed by atoms with E-state index in [4.69, 9.17) is 0 Å². The average molecular weight is 346 g/mol. The summed E-state index contributed by atoms with van der Waals surface area (Å²) in [5, 5.41) is 3.09. The van der Waals surface area contributed by atoms with E-state index in [2.05, 4.69) is 4.98 Å². The number of hydrogen-bond donors (Lipinski definition) is 1. The van der Waals surface area contributed by atoms with Gasteiger partial charge in [0.15, 0.2) is 4.34 Å². The second-order valence-corrected chi connectivity index (χ2v) is 6.90. The number of carbonyl (C=O) groups excluding carboxylic acids is 1. The Hall–Kier alpha value is -1.54. The van der Waals surface area contributed by atoms with Gasteiger partial charge >= 0.3 is 6.18 Å². The maximum Gasteiger partial charge on any atom is 0.405 e. The monoisotopic (exact) mass is 346 g/mol. The zero-order valence-electron chi connectivity index (χ0n) is 11.6. The van der Waals surface area contributed by atoms with Gasteiger partial charge in [-0.3, -0.25) is 4.79 Å². The first-order valence-corrected chi connectivity index (χ1v) is 8.13. The summed E-state index contributed by atoms with van der Waals surface area (Å²) in [5.74, 6) is -0.654. The average Bonchev–Trinajstić information content (AvgIpc) is 2.93. The SMILES string of the molecule is CC(Sc1nc(-c2ccccc2)cs1)C(=O)NCC(F)(F)F. The Morgan fingerprint density at radius 3 is 2.68 bits per heavy atom. The van der Waals surface area contributed by atoms with Crippen LogP contribution in [0.5, 0.6) is 0 Å². The van der Waals surface area contributed by atoms with Crippen molar-refractivity contribution in [3.8, 4) is 11.3 Å². The third-order valence-corrected chi connectivity index (χ3v) is 4.73. The number of alkyl halides is 3. The second-order valence-electron chi connectivity index (χ2n) is 4.46. The first kappa shape index (κ1) is 16.8. The summed E-state index contributed by atoms with van der Waals surface area (Å²) < 4.78 is 36.8. The largest absolute Gasteiger partial charge is 0.405 e. The highest BCUT2D eigenvalue weighted by molar-refractivity contribution is 8.02. The molecule has 1 heterocycles. The van der Waals surface area contributed by atoms with Crippen LogP contribution in [-0.4, -0.2) is 28.9 Å². The Morgan fingerprint density at radius 2 is 2.05 bits per heavy atom. The number of thioether (sulfide) groups is 1. The summed E-state index contributed by atoms with van der Waals surface area (Å²) in [7, 11) is 0. The molecule has 0 aliphatic heterocycles. The van der Waals surface area contributed by atoms with Crippen molar-refractivity contribution in [1.82, 2.24) is 10.3 Å². The van der Waals surface area contributed by atoms with E-state index < -0.39 is 23.9 Å². The van der Waals surface area contributed by atoms with Gasteiger partial charge < -0.3 is 5.32 Å². The molecule has 8 heteroatoms. The first-order chi connectivity index (χ1) is 10.3. The van der Waals surface area contributed by atoms with Crippen LogP contribution >= 0.6 is 23.1 Å². The topological polar surface area (TPSA) is 42.0 Å². The van der Waals surface area contributed by atoms with Crippen molar-refractivity contribution < 1.29 is 18.0 Å². The van der Waals surface area contributed by atoms with Crippen molar-refractivity contribution in [2.45, 2.75) is 22.7 Å². The fourth-order valence-corrected chi connectivity index (χ4v) is 3.58. The molecule has 1 aromatic carbocycles. The maximum atomic E-state index is 12.1. The molecule has 0 saturated heterocycles. The molecule has 0 bridgehead atoms.